The fourth-order valence-electron chi connectivity index (χ4n) is 2.32. The number of nitrogens with two attached hydrogens (primary N) is 1. The Morgan fingerprint density at radius 2 is 1.91 bits per heavy atom. The molecule has 1 amide bonds. The van der Waals surface area contributed by atoms with E-state index in [2.05, 4.69) is 10.6 Å². The van der Waals surface area contributed by atoms with Crippen molar-refractivity contribution in [3.05, 3.63) is 24.3 Å². The van der Waals surface area contributed by atoms with Crippen molar-refractivity contribution >= 4 is 11.8 Å². The summed E-state index contributed by atoms with van der Waals surface area (Å²) in [6.45, 7) is 6.89. The van der Waals surface area contributed by atoms with Crippen LogP contribution >= 0.6 is 0 Å². The smallest absolute Gasteiger partial charge is 0.412 e. The van der Waals surface area contributed by atoms with Crippen molar-refractivity contribution in [1.29, 1.82) is 0 Å². The van der Waals surface area contributed by atoms with Crippen molar-refractivity contribution in [2.75, 3.05) is 18.5 Å². The predicted octanol–water partition coefficient (Wildman–Crippen LogP) is 2.49. The van der Waals surface area contributed by atoms with Gasteiger partial charge in [-0.3, -0.25) is 5.32 Å². The van der Waals surface area contributed by atoms with Crippen LogP contribution in [0.3, 0.4) is 0 Å². The minimum atomic E-state index is -0.509. The quantitative estimate of drug-likeness (QED) is 0.701. The molecule has 0 unspecified atom stereocenters. The Bertz CT molecular complexity index is 505. The van der Waals surface area contributed by atoms with Crippen molar-refractivity contribution in [2.24, 2.45) is 5.73 Å². The molecule has 0 saturated heterocycles. The van der Waals surface area contributed by atoms with E-state index in [0.29, 0.717) is 24.4 Å². The zero-order valence-corrected chi connectivity index (χ0v) is 14.1. The van der Waals surface area contributed by atoms with Crippen molar-refractivity contribution in [2.45, 2.75) is 51.3 Å². The van der Waals surface area contributed by atoms with E-state index >= 15 is 0 Å². The molecule has 4 N–H and O–H groups in total. The Morgan fingerprint density at radius 1 is 1.26 bits per heavy atom. The molecule has 0 aromatic heterocycles. The average Bonchev–Trinajstić information content (AvgIpc) is 2.41. The summed E-state index contributed by atoms with van der Waals surface area (Å²) >= 11 is 0. The molecule has 0 bridgehead atoms. The Labute approximate surface area is 137 Å². The van der Waals surface area contributed by atoms with Gasteiger partial charge < -0.3 is 20.5 Å². The Kier molecular flexibility index (Phi) is 5.85. The fourth-order valence-corrected chi connectivity index (χ4v) is 2.32. The molecule has 2 rings (SSSR count). The van der Waals surface area contributed by atoms with Gasteiger partial charge in [-0.05, 0) is 57.9 Å². The van der Waals surface area contributed by atoms with Crippen LogP contribution in [-0.4, -0.2) is 36.9 Å². The van der Waals surface area contributed by atoms with Crippen LogP contribution in [-0.2, 0) is 4.74 Å². The first-order valence-corrected chi connectivity index (χ1v) is 8.04. The highest BCUT2D eigenvalue weighted by Crippen LogP contribution is 2.18. The van der Waals surface area contributed by atoms with Crippen LogP contribution in [0.25, 0.3) is 0 Å². The maximum atomic E-state index is 11.7. The van der Waals surface area contributed by atoms with Gasteiger partial charge >= 0.3 is 6.09 Å². The normalized spacial score (nSPS) is 20.5. The summed E-state index contributed by atoms with van der Waals surface area (Å²) in [6.07, 6.45) is 1.63. The molecule has 0 aliphatic heterocycles. The Morgan fingerprint density at radius 3 is 2.48 bits per heavy atom. The van der Waals surface area contributed by atoms with E-state index in [4.69, 9.17) is 15.2 Å². The van der Waals surface area contributed by atoms with Gasteiger partial charge in [0.15, 0.2) is 0 Å². The molecule has 0 spiro atoms. The SMILES string of the molecule is CC(C)(C)OC(=O)Nc1ccc(OCCNC2CC(N)C2)cc1. The third-order valence-electron chi connectivity index (χ3n) is 3.48. The van der Waals surface area contributed by atoms with Gasteiger partial charge in [-0.1, -0.05) is 0 Å². The molecule has 6 nitrogen and oxygen atoms in total. The maximum absolute atomic E-state index is 11.7. The number of hydrogen-bond acceptors (Lipinski definition) is 5. The standard InChI is InChI=1S/C17H27N3O3/c1-17(2,3)23-16(21)20-13-4-6-15(7-5-13)22-9-8-19-14-10-12(18)11-14/h4-7,12,14,19H,8-11,18H2,1-3H3,(H,20,21). The number of anilines is 1. The van der Waals surface area contributed by atoms with Crippen LogP contribution in [0.5, 0.6) is 5.75 Å². The largest absolute Gasteiger partial charge is 0.492 e. The van der Waals surface area contributed by atoms with Crippen LogP contribution in [0, 0.1) is 0 Å². The highest BCUT2D eigenvalue weighted by Gasteiger charge is 2.24. The lowest BCUT2D eigenvalue weighted by Gasteiger charge is -2.33. The van der Waals surface area contributed by atoms with Crippen LogP contribution < -0.4 is 21.1 Å². The first-order chi connectivity index (χ1) is 10.8. The van der Waals surface area contributed by atoms with Crippen molar-refractivity contribution < 1.29 is 14.3 Å². The first-order valence-electron chi connectivity index (χ1n) is 8.04. The van der Waals surface area contributed by atoms with Gasteiger partial charge in [-0.2, -0.15) is 0 Å². The number of ether oxygens (including phenoxy) is 2. The third kappa shape index (κ3) is 6.46. The number of nitrogens with one attached hydrogen (secondary N) is 2. The molecular formula is C17H27N3O3. The zero-order chi connectivity index (χ0) is 16.9. The lowest BCUT2D eigenvalue weighted by atomic mass is 9.88. The predicted molar refractivity (Wildman–Crippen MR) is 90.8 cm³/mol. The highest BCUT2D eigenvalue weighted by atomic mass is 16.6. The van der Waals surface area contributed by atoms with Crippen LogP contribution in [0.15, 0.2) is 24.3 Å². The molecule has 0 heterocycles. The molecule has 6 heteroatoms. The van der Waals surface area contributed by atoms with Gasteiger partial charge in [0.25, 0.3) is 0 Å². The molecule has 1 saturated carbocycles. The molecule has 0 radical (unpaired) electrons. The lowest BCUT2D eigenvalue weighted by Crippen LogP contribution is -2.49. The van der Waals surface area contributed by atoms with Gasteiger partial charge in [-0.15, -0.1) is 0 Å². The van der Waals surface area contributed by atoms with E-state index in [1.54, 1.807) is 12.1 Å². The van der Waals surface area contributed by atoms with E-state index in [9.17, 15) is 4.79 Å². The minimum absolute atomic E-state index is 0.360. The van der Waals surface area contributed by atoms with E-state index in [1.807, 2.05) is 32.9 Å². The van der Waals surface area contributed by atoms with E-state index in [0.717, 1.165) is 25.1 Å². The van der Waals surface area contributed by atoms with Gasteiger partial charge in [-0.25, -0.2) is 4.79 Å². The summed E-state index contributed by atoms with van der Waals surface area (Å²) in [4.78, 5) is 11.7. The average molecular weight is 321 g/mol. The highest BCUT2D eigenvalue weighted by molar-refractivity contribution is 5.84. The maximum Gasteiger partial charge on any atom is 0.412 e. The van der Waals surface area contributed by atoms with Gasteiger partial charge in [0.1, 0.15) is 18.0 Å². The minimum Gasteiger partial charge on any atom is -0.492 e. The number of carbonyl (C=O) groups is 1. The molecule has 1 aliphatic rings. The lowest BCUT2D eigenvalue weighted by molar-refractivity contribution is 0.0636. The van der Waals surface area contributed by atoms with E-state index in [1.165, 1.54) is 0 Å². The summed E-state index contributed by atoms with van der Waals surface area (Å²) in [5.41, 5.74) is 5.90. The van der Waals surface area contributed by atoms with Gasteiger partial charge in [0, 0.05) is 24.3 Å². The second-order valence-electron chi connectivity index (χ2n) is 6.88. The third-order valence-corrected chi connectivity index (χ3v) is 3.48. The van der Waals surface area contributed by atoms with E-state index < -0.39 is 11.7 Å². The molecule has 23 heavy (non-hydrogen) atoms. The molecule has 1 aliphatic carbocycles. The molecule has 1 aromatic carbocycles. The Balaban J connectivity index is 1.66. The molecule has 1 aromatic rings. The Hall–Kier alpha value is -1.79. The topological polar surface area (TPSA) is 85.6 Å². The molecule has 0 atom stereocenters. The second kappa shape index (κ2) is 7.66. The number of amides is 1. The second-order valence-corrected chi connectivity index (χ2v) is 6.88. The number of benzene rings is 1. The number of hydrogen-bond donors (Lipinski definition) is 3. The summed E-state index contributed by atoms with van der Waals surface area (Å²) in [7, 11) is 0. The van der Waals surface area contributed by atoms with Gasteiger partial charge in [0.2, 0.25) is 0 Å². The summed E-state index contributed by atoms with van der Waals surface area (Å²) in [6, 6.07) is 8.13. The van der Waals surface area contributed by atoms with E-state index in [-0.39, 0.29) is 0 Å². The van der Waals surface area contributed by atoms with Gasteiger partial charge in [0.05, 0.1) is 0 Å². The first kappa shape index (κ1) is 17.6. The van der Waals surface area contributed by atoms with Crippen LogP contribution in [0.2, 0.25) is 0 Å². The summed E-state index contributed by atoms with van der Waals surface area (Å²) in [5.74, 6) is 0.770. The van der Waals surface area contributed by atoms with Crippen LogP contribution in [0.1, 0.15) is 33.6 Å². The molecule has 1 fully saturated rings. The number of rotatable bonds is 6. The molecular weight excluding hydrogens is 294 g/mol. The zero-order valence-electron chi connectivity index (χ0n) is 14.1. The monoisotopic (exact) mass is 321 g/mol. The van der Waals surface area contributed by atoms with Crippen molar-refractivity contribution in [1.82, 2.24) is 5.32 Å². The summed E-state index contributed by atoms with van der Waals surface area (Å²) in [5, 5.41) is 6.09. The van der Waals surface area contributed by atoms with Crippen molar-refractivity contribution in [3.8, 4) is 5.75 Å². The van der Waals surface area contributed by atoms with Crippen LogP contribution in [0.4, 0.5) is 10.5 Å². The molecule has 128 valence electrons. The fraction of sp³-hybridized carbons (Fsp3) is 0.588. The number of carbonyl (C=O) groups excluding carboxylic acids is 1. The summed E-state index contributed by atoms with van der Waals surface area (Å²) < 4.78 is 10.9. The van der Waals surface area contributed by atoms with Crippen molar-refractivity contribution in [3.63, 3.8) is 0 Å².